The van der Waals surface area contributed by atoms with E-state index in [1.54, 1.807) is 6.07 Å². The second-order valence-electron chi connectivity index (χ2n) is 6.82. The normalized spacial score (nSPS) is 15.6. The van der Waals surface area contributed by atoms with E-state index in [0.29, 0.717) is 12.2 Å². The van der Waals surface area contributed by atoms with Crippen LogP contribution in [0.15, 0.2) is 78.9 Å². The molecule has 1 aliphatic heterocycles. The van der Waals surface area contributed by atoms with E-state index in [1.807, 2.05) is 79.7 Å². The van der Waals surface area contributed by atoms with Crippen molar-refractivity contribution in [3.63, 3.8) is 0 Å². The number of carbonyl (C=O) groups is 2. The number of amides is 3. The van der Waals surface area contributed by atoms with Crippen molar-refractivity contribution >= 4 is 17.6 Å². The molecule has 1 heterocycles. The zero-order valence-corrected chi connectivity index (χ0v) is 15.6. The van der Waals surface area contributed by atoms with E-state index in [-0.39, 0.29) is 5.91 Å². The first-order valence-electron chi connectivity index (χ1n) is 9.16. The molecular weight excluding hydrogens is 350 g/mol. The molecule has 0 spiro atoms. The van der Waals surface area contributed by atoms with Crippen LogP contribution in [0.2, 0.25) is 0 Å². The van der Waals surface area contributed by atoms with Gasteiger partial charge in [-0.25, -0.2) is 9.69 Å². The summed E-state index contributed by atoms with van der Waals surface area (Å²) in [6, 6.07) is 23.7. The standard InChI is InChI=1S/C23H21N3O2/c1-16-17(15-24)9-8-14-20(16)26-21(27)23(25-22(26)28,18-10-4-2-5-11-18)19-12-6-3-7-13-19/h2-14H,15,24H2,1H3,(H,25,28). The molecule has 0 saturated carbocycles. The van der Waals surface area contributed by atoms with Crippen molar-refractivity contribution in [3.05, 3.63) is 101 Å². The quantitative estimate of drug-likeness (QED) is 0.690. The number of rotatable bonds is 4. The van der Waals surface area contributed by atoms with Crippen LogP contribution in [0.1, 0.15) is 22.3 Å². The third kappa shape index (κ3) is 2.60. The lowest BCUT2D eigenvalue weighted by Gasteiger charge is -2.28. The molecule has 0 atom stereocenters. The van der Waals surface area contributed by atoms with Gasteiger partial charge >= 0.3 is 6.03 Å². The van der Waals surface area contributed by atoms with E-state index in [1.165, 1.54) is 4.90 Å². The van der Waals surface area contributed by atoms with Gasteiger partial charge in [-0.2, -0.15) is 0 Å². The molecule has 0 radical (unpaired) electrons. The molecule has 5 nitrogen and oxygen atoms in total. The predicted octanol–water partition coefficient (Wildman–Crippen LogP) is 3.45. The van der Waals surface area contributed by atoms with Gasteiger partial charge in [0.2, 0.25) is 0 Å². The number of nitrogens with two attached hydrogens (primary N) is 1. The van der Waals surface area contributed by atoms with Crippen LogP contribution in [0.4, 0.5) is 10.5 Å². The first kappa shape index (κ1) is 17.9. The number of hydrogen-bond donors (Lipinski definition) is 2. The maximum Gasteiger partial charge on any atom is 0.330 e. The van der Waals surface area contributed by atoms with Crippen molar-refractivity contribution in [2.45, 2.75) is 19.0 Å². The number of anilines is 1. The lowest BCUT2D eigenvalue weighted by atomic mass is 9.82. The largest absolute Gasteiger partial charge is 0.330 e. The van der Waals surface area contributed by atoms with E-state index in [0.717, 1.165) is 22.3 Å². The van der Waals surface area contributed by atoms with E-state index < -0.39 is 11.6 Å². The molecule has 1 aliphatic rings. The fourth-order valence-electron chi connectivity index (χ4n) is 3.82. The molecule has 0 aliphatic carbocycles. The maximum absolute atomic E-state index is 13.8. The minimum Gasteiger partial charge on any atom is -0.326 e. The molecule has 3 aromatic carbocycles. The van der Waals surface area contributed by atoms with Crippen molar-refractivity contribution in [2.24, 2.45) is 5.73 Å². The molecule has 0 aromatic heterocycles. The van der Waals surface area contributed by atoms with Crippen molar-refractivity contribution in [3.8, 4) is 0 Å². The molecule has 0 unspecified atom stereocenters. The molecule has 1 saturated heterocycles. The van der Waals surface area contributed by atoms with Gasteiger partial charge in [0.05, 0.1) is 5.69 Å². The fourth-order valence-corrected chi connectivity index (χ4v) is 3.82. The molecule has 3 aromatic rings. The SMILES string of the molecule is Cc1c(CN)cccc1N1C(=O)NC(c2ccccc2)(c2ccccc2)C1=O. The second-order valence-corrected chi connectivity index (χ2v) is 6.82. The molecule has 28 heavy (non-hydrogen) atoms. The van der Waals surface area contributed by atoms with Crippen molar-refractivity contribution in [2.75, 3.05) is 4.90 Å². The lowest BCUT2D eigenvalue weighted by Crippen LogP contribution is -2.45. The Bertz CT molecular complexity index is 993. The Balaban J connectivity index is 1.92. The number of hydrogen-bond acceptors (Lipinski definition) is 3. The van der Waals surface area contributed by atoms with Gasteiger partial charge in [-0.3, -0.25) is 4.79 Å². The van der Waals surface area contributed by atoms with Crippen LogP contribution in [0, 0.1) is 6.92 Å². The van der Waals surface area contributed by atoms with E-state index >= 15 is 0 Å². The van der Waals surface area contributed by atoms with Gasteiger partial charge < -0.3 is 11.1 Å². The highest BCUT2D eigenvalue weighted by Gasteiger charge is 2.54. The number of urea groups is 1. The summed E-state index contributed by atoms with van der Waals surface area (Å²) in [5, 5.41) is 2.97. The average molecular weight is 371 g/mol. The summed E-state index contributed by atoms with van der Waals surface area (Å²) < 4.78 is 0. The Labute approximate surface area is 163 Å². The highest BCUT2D eigenvalue weighted by atomic mass is 16.2. The number of benzene rings is 3. The van der Waals surface area contributed by atoms with E-state index in [9.17, 15) is 9.59 Å². The maximum atomic E-state index is 13.8. The van der Waals surface area contributed by atoms with Gasteiger partial charge in [-0.1, -0.05) is 72.8 Å². The molecular formula is C23H21N3O2. The van der Waals surface area contributed by atoms with Crippen molar-refractivity contribution in [1.29, 1.82) is 0 Å². The minimum absolute atomic E-state index is 0.327. The molecule has 140 valence electrons. The topological polar surface area (TPSA) is 75.4 Å². The van der Waals surface area contributed by atoms with Crippen LogP contribution >= 0.6 is 0 Å². The van der Waals surface area contributed by atoms with Gasteiger partial charge in [0, 0.05) is 6.54 Å². The second kappa shape index (κ2) is 6.94. The summed E-state index contributed by atoms with van der Waals surface area (Å²) in [5.41, 5.74) is 8.26. The number of carbonyl (C=O) groups excluding carboxylic acids is 2. The summed E-state index contributed by atoms with van der Waals surface area (Å²) >= 11 is 0. The van der Waals surface area contributed by atoms with Gasteiger partial charge in [-0.05, 0) is 35.2 Å². The lowest BCUT2D eigenvalue weighted by molar-refractivity contribution is -0.121. The van der Waals surface area contributed by atoms with Crippen LogP contribution in [-0.2, 0) is 16.9 Å². The summed E-state index contributed by atoms with van der Waals surface area (Å²) in [4.78, 5) is 28.1. The Morgan fingerprint density at radius 2 is 1.43 bits per heavy atom. The third-order valence-corrected chi connectivity index (χ3v) is 5.31. The molecule has 1 fully saturated rings. The van der Waals surface area contributed by atoms with Crippen LogP contribution in [0.3, 0.4) is 0 Å². The smallest absolute Gasteiger partial charge is 0.326 e. The van der Waals surface area contributed by atoms with Gasteiger partial charge in [0.15, 0.2) is 5.54 Å². The monoisotopic (exact) mass is 371 g/mol. The summed E-state index contributed by atoms with van der Waals surface area (Å²) in [6.07, 6.45) is 0. The van der Waals surface area contributed by atoms with Crippen LogP contribution in [0.5, 0.6) is 0 Å². The summed E-state index contributed by atoms with van der Waals surface area (Å²) in [6.45, 7) is 2.22. The predicted molar refractivity (Wildman–Crippen MR) is 109 cm³/mol. The third-order valence-electron chi connectivity index (χ3n) is 5.31. The molecule has 3 amide bonds. The minimum atomic E-state index is -1.27. The Morgan fingerprint density at radius 3 is 1.96 bits per heavy atom. The van der Waals surface area contributed by atoms with Gasteiger partial charge in [-0.15, -0.1) is 0 Å². The summed E-state index contributed by atoms with van der Waals surface area (Å²) in [7, 11) is 0. The Hall–Kier alpha value is -3.44. The molecule has 3 N–H and O–H groups in total. The molecule has 5 heteroatoms. The van der Waals surface area contributed by atoms with Crippen LogP contribution in [-0.4, -0.2) is 11.9 Å². The average Bonchev–Trinajstić information content (AvgIpc) is 3.01. The molecule has 4 rings (SSSR count). The Morgan fingerprint density at radius 1 is 0.857 bits per heavy atom. The van der Waals surface area contributed by atoms with Crippen LogP contribution < -0.4 is 16.0 Å². The first-order valence-corrected chi connectivity index (χ1v) is 9.16. The summed E-state index contributed by atoms with van der Waals surface area (Å²) in [5.74, 6) is -0.327. The zero-order chi connectivity index (χ0) is 19.7. The van der Waals surface area contributed by atoms with Gasteiger partial charge in [0.25, 0.3) is 5.91 Å². The zero-order valence-electron chi connectivity index (χ0n) is 15.6. The van der Waals surface area contributed by atoms with E-state index in [2.05, 4.69) is 5.32 Å². The highest BCUT2D eigenvalue weighted by Crippen LogP contribution is 2.39. The number of nitrogens with zero attached hydrogens (tertiary/aromatic N) is 1. The fraction of sp³-hybridized carbons (Fsp3) is 0.130. The van der Waals surface area contributed by atoms with Gasteiger partial charge in [0.1, 0.15) is 0 Å². The number of imide groups is 1. The first-order chi connectivity index (χ1) is 13.6. The number of nitrogens with one attached hydrogen (secondary N) is 1. The van der Waals surface area contributed by atoms with Crippen molar-refractivity contribution < 1.29 is 9.59 Å². The van der Waals surface area contributed by atoms with Crippen molar-refractivity contribution in [1.82, 2.24) is 5.32 Å². The Kier molecular flexibility index (Phi) is 4.45. The highest BCUT2D eigenvalue weighted by molar-refractivity contribution is 6.25. The molecule has 0 bridgehead atoms. The van der Waals surface area contributed by atoms with Crippen LogP contribution in [0.25, 0.3) is 0 Å². The van der Waals surface area contributed by atoms with E-state index in [4.69, 9.17) is 5.73 Å².